The lowest BCUT2D eigenvalue weighted by atomic mass is 9.99. The summed E-state index contributed by atoms with van der Waals surface area (Å²) in [6.07, 6.45) is 0. The van der Waals surface area contributed by atoms with Crippen LogP contribution in [0.5, 0.6) is 0 Å². The number of carbonyl (C=O) groups is 1. The Morgan fingerprint density at radius 2 is 1.51 bits per heavy atom. The molecule has 0 unspecified atom stereocenters. The smallest absolute Gasteiger partial charge is 0.266 e. The summed E-state index contributed by atoms with van der Waals surface area (Å²) in [5.41, 5.74) is 3.76. The van der Waals surface area contributed by atoms with Crippen LogP contribution in [0.4, 0.5) is 0 Å². The van der Waals surface area contributed by atoms with Crippen LogP contribution in [0.25, 0.3) is 16.6 Å². The lowest BCUT2D eigenvalue weighted by Crippen LogP contribution is -2.31. The van der Waals surface area contributed by atoms with Crippen LogP contribution in [0.15, 0.2) is 113 Å². The van der Waals surface area contributed by atoms with Crippen molar-refractivity contribution in [1.82, 2.24) is 14.9 Å². The molecule has 0 spiro atoms. The minimum absolute atomic E-state index is 0.0839. The Balaban J connectivity index is 1.48. The summed E-state index contributed by atoms with van der Waals surface area (Å²) in [5.74, 6) is -0.0833. The lowest BCUT2D eigenvalue weighted by molar-refractivity contribution is -0.119. The number of nitrogens with zero attached hydrogens (tertiary/aromatic N) is 2. The third kappa shape index (κ3) is 5.31. The standard InChI is InChI=1S/C30H24ClN3O2S/c1-20-24(31)16-10-18-26(20)34-29(36)23-15-8-9-17-25(23)32-30(34)37-19-27(35)33-28(21-11-4-2-5-12-21)22-13-6-3-7-14-22/h2-18,28H,19H2,1H3,(H,33,35). The van der Waals surface area contributed by atoms with Crippen molar-refractivity contribution in [1.29, 1.82) is 0 Å². The van der Waals surface area contributed by atoms with E-state index in [2.05, 4.69) is 5.32 Å². The highest BCUT2D eigenvalue weighted by molar-refractivity contribution is 7.99. The Bertz CT molecular complexity index is 1580. The van der Waals surface area contributed by atoms with Gasteiger partial charge in [0.15, 0.2) is 5.16 Å². The normalized spacial score (nSPS) is 11.1. The number of hydrogen-bond donors (Lipinski definition) is 1. The second-order valence-electron chi connectivity index (χ2n) is 8.55. The number of halogens is 1. The minimum atomic E-state index is -0.294. The molecule has 1 N–H and O–H groups in total. The molecule has 1 aromatic heterocycles. The molecule has 1 amide bonds. The summed E-state index contributed by atoms with van der Waals surface area (Å²) in [6, 6.07) is 32.1. The predicted octanol–water partition coefficient (Wildman–Crippen LogP) is 6.35. The van der Waals surface area contributed by atoms with Gasteiger partial charge in [0, 0.05) is 5.02 Å². The van der Waals surface area contributed by atoms with E-state index in [9.17, 15) is 9.59 Å². The Labute approximate surface area is 224 Å². The lowest BCUT2D eigenvalue weighted by Gasteiger charge is -2.20. The Morgan fingerprint density at radius 3 is 2.19 bits per heavy atom. The highest BCUT2D eigenvalue weighted by atomic mass is 35.5. The van der Waals surface area contributed by atoms with Crippen LogP contribution in [0, 0.1) is 6.92 Å². The summed E-state index contributed by atoms with van der Waals surface area (Å²) in [7, 11) is 0. The molecule has 7 heteroatoms. The third-order valence-electron chi connectivity index (χ3n) is 6.13. The molecule has 4 aromatic carbocycles. The van der Waals surface area contributed by atoms with Crippen LogP contribution < -0.4 is 10.9 Å². The first-order chi connectivity index (χ1) is 18.0. The highest BCUT2D eigenvalue weighted by Gasteiger charge is 2.20. The second-order valence-corrected chi connectivity index (χ2v) is 9.90. The fourth-order valence-electron chi connectivity index (χ4n) is 4.24. The number of carbonyl (C=O) groups excluding carboxylic acids is 1. The van der Waals surface area contributed by atoms with Gasteiger partial charge in [0.2, 0.25) is 5.91 Å². The first-order valence-corrected chi connectivity index (χ1v) is 13.2. The maximum absolute atomic E-state index is 13.6. The van der Waals surface area contributed by atoms with Crippen molar-refractivity contribution in [2.75, 3.05) is 5.75 Å². The van der Waals surface area contributed by atoms with E-state index in [0.29, 0.717) is 26.8 Å². The van der Waals surface area contributed by atoms with Gasteiger partial charge in [0.1, 0.15) is 0 Å². The van der Waals surface area contributed by atoms with Gasteiger partial charge in [-0.2, -0.15) is 0 Å². The zero-order chi connectivity index (χ0) is 25.8. The zero-order valence-electron chi connectivity index (χ0n) is 20.1. The molecule has 0 atom stereocenters. The van der Waals surface area contributed by atoms with Crippen molar-refractivity contribution in [2.45, 2.75) is 18.1 Å². The number of fused-ring (bicyclic) bond motifs is 1. The van der Waals surface area contributed by atoms with Crippen LogP contribution in [0.3, 0.4) is 0 Å². The highest BCUT2D eigenvalue weighted by Crippen LogP contribution is 2.27. The molecule has 0 aliphatic carbocycles. The van der Waals surface area contributed by atoms with E-state index in [0.717, 1.165) is 16.7 Å². The van der Waals surface area contributed by atoms with E-state index in [4.69, 9.17) is 16.6 Å². The van der Waals surface area contributed by atoms with Crippen LogP contribution in [-0.2, 0) is 4.79 Å². The number of hydrogen-bond acceptors (Lipinski definition) is 4. The van der Waals surface area contributed by atoms with E-state index in [-0.39, 0.29) is 23.3 Å². The van der Waals surface area contributed by atoms with E-state index in [1.807, 2.05) is 85.8 Å². The van der Waals surface area contributed by atoms with Crippen molar-refractivity contribution < 1.29 is 4.79 Å². The van der Waals surface area contributed by atoms with Crippen molar-refractivity contribution in [2.24, 2.45) is 0 Å². The number of benzene rings is 4. The third-order valence-corrected chi connectivity index (χ3v) is 7.48. The number of aromatic nitrogens is 2. The number of rotatable bonds is 7. The molecule has 5 aromatic rings. The molecule has 0 aliphatic heterocycles. The van der Waals surface area contributed by atoms with Gasteiger partial charge >= 0.3 is 0 Å². The van der Waals surface area contributed by atoms with Gasteiger partial charge in [-0.25, -0.2) is 4.98 Å². The van der Waals surface area contributed by atoms with E-state index in [1.54, 1.807) is 28.8 Å². The van der Waals surface area contributed by atoms with Gasteiger partial charge in [-0.15, -0.1) is 0 Å². The summed E-state index contributed by atoms with van der Waals surface area (Å²) in [4.78, 5) is 31.5. The number of para-hydroxylation sites is 1. The number of thioether (sulfide) groups is 1. The summed E-state index contributed by atoms with van der Waals surface area (Å²) < 4.78 is 1.55. The van der Waals surface area contributed by atoms with Crippen molar-refractivity contribution in [3.8, 4) is 5.69 Å². The van der Waals surface area contributed by atoms with Crippen molar-refractivity contribution in [3.05, 3.63) is 135 Å². The summed E-state index contributed by atoms with van der Waals surface area (Å²) >= 11 is 7.60. The van der Waals surface area contributed by atoms with Crippen LogP contribution in [0.1, 0.15) is 22.7 Å². The largest absolute Gasteiger partial charge is 0.344 e. The molecule has 5 nitrogen and oxygen atoms in total. The van der Waals surface area contributed by atoms with Crippen molar-refractivity contribution >= 4 is 40.2 Å². The number of amides is 1. The Hall–Kier alpha value is -3.87. The predicted molar refractivity (Wildman–Crippen MR) is 151 cm³/mol. The molecular weight excluding hydrogens is 502 g/mol. The van der Waals surface area contributed by atoms with E-state index < -0.39 is 0 Å². The van der Waals surface area contributed by atoms with Gasteiger partial charge in [-0.05, 0) is 47.9 Å². The van der Waals surface area contributed by atoms with Crippen LogP contribution in [0.2, 0.25) is 5.02 Å². The summed E-state index contributed by atoms with van der Waals surface area (Å²) in [6.45, 7) is 1.87. The van der Waals surface area contributed by atoms with E-state index in [1.165, 1.54) is 11.8 Å². The maximum Gasteiger partial charge on any atom is 0.266 e. The quantitative estimate of drug-likeness (QED) is 0.199. The number of nitrogens with one attached hydrogen (secondary N) is 1. The average molecular weight is 526 g/mol. The molecule has 37 heavy (non-hydrogen) atoms. The molecule has 1 heterocycles. The Morgan fingerprint density at radius 1 is 0.892 bits per heavy atom. The SMILES string of the molecule is Cc1c(Cl)cccc1-n1c(SCC(=O)NC(c2ccccc2)c2ccccc2)nc2ccccc2c1=O. The molecule has 0 bridgehead atoms. The van der Waals surface area contributed by atoms with Gasteiger partial charge < -0.3 is 5.32 Å². The molecule has 0 aliphatic rings. The summed E-state index contributed by atoms with van der Waals surface area (Å²) in [5, 5.41) is 4.65. The van der Waals surface area contributed by atoms with Gasteiger partial charge in [-0.1, -0.05) is 102 Å². The molecule has 0 saturated carbocycles. The topological polar surface area (TPSA) is 64.0 Å². The van der Waals surface area contributed by atoms with Gasteiger partial charge in [0.25, 0.3) is 5.56 Å². The zero-order valence-corrected chi connectivity index (χ0v) is 21.7. The fraction of sp³-hybridized carbons (Fsp3) is 0.100. The molecule has 184 valence electrons. The Kier molecular flexibility index (Phi) is 7.40. The van der Waals surface area contributed by atoms with Crippen LogP contribution in [-0.4, -0.2) is 21.2 Å². The molecule has 5 rings (SSSR count). The van der Waals surface area contributed by atoms with Gasteiger partial charge in [-0.3, -0.25) is 14.2 Å². The van der Waals surface area contributed by atoms with E-state index >= 15 is 0 Å². The monoisotopic (exact) mass is 525 g/mol. The minimum Gasteiger partial charge on any atom is -0.344 e. The fourth-order valence-corrected chi connectivity index (χ4v) is 5.23. The molecule has 0 fully saturated rings. The van der Waals surface area contributed by atoms with Gasteiger partial charge in [0.05, 0.1) is 28.4 Å². The van der Waals surface area contributed by atoms with Crippen molar-refractivity contribution in [3.63, 3.8) is 0 Å². The first-order valence-electron chi connectivity index (χ1n) is 11.8. The second kappa shape index (κ2) is 11.0. The average Bonchev–Trinajstić information content (AvgIpc) is 2.93. The molecule has 0 radical (unpaired) electrons. The first kappa shape index (κ1) is 24.8. The maximum atomic E-state index is 13.6. The molecule has 0 saturated heterocycles. The molecular formula is C30H24ClN3O2S. The van der Waals surface area contributed by atoms with Crippen LogP contribution >= 0.6 is 23.4 Å².